The highest BCUT2D eigenvalue weighted by Crippen LogP contribution is 2.18. The van der Waals surface area contributed by atoms with E-state index in [9.17, 15) is 4.39 Å². The van der Waals surface area contributed by atoms with Crippen LogP contribution < -0.4 is 10.6 Å². The second-order valence-electron chi connectivity index (χ2n) is 5.05. The van der Waals surface area contributed by atoms with Crippen molar-refractivity contribution in [3.8, 4) is 0 Å². The van der Waals surface area contributed by atoms with Crippen LogP contribution in [0.5, 0.6) is 0 Å². The summed E-state index contributed by atoms with van der Waals surface area (Å²) in [5, 5.41) is 4.20. The fraction of sp³-hybridized carbons (Fsp3) is 0.294. The lowest BCUT2D eigenvalue weighted by Gasteiger charge is -2.12. The number of anilines is 1. The predicted octanol–water partition coefficient (Wildman–Crippen LogP) is 4.20. The molecule has 3 heteroatoms. The minimum Gasteiger partial charge on any atom is -0.381 e. The summed E-state index contributed by atoms with van der Waals surface area (Å²) in [6.07, 6.45) is 2.26. The number of hydrogen-bond donors (Lipinski definition) is 1. The molecule has 0 bridgehead atoms. The molecule has 0 saturated heterocycles. The molecule has 2 aromatic carbocycles. The lowest BCUT2D eigenvalue weighted by Crippen LogP contribution is -2.10. The Morgan fingerprint density at radius 2 is 2.00 bits per heavy atom. The smallest absolute Gasteiger partial charge is 0.128 e. The van der Waals surface area contributed by atoms with Gasteiger partial charge in [-0.05, 0) is 48.0 Å². The van der Waals surface area contributed by atoms with Gasteiger partial charge < -0.3 is 5.32 Å². The average molecular weight is 289 g/mol. The van der Waals surface area contributed by atoms with Gasteiger partial charge in [0.1, 0.15) is 5.82 Å². The van der Waals surface area contributed by atoms with Gasteiger partial charge in [0.2, 0.25) is 0 Å². The molecule has 0 spiro atoms. The molecule has 0 aliphatic carbocycles. The molecule has 0 heterocycles. The SMILES string of the molecule is CCCc1ccc(NCc2c(F)cccc2P)cc1C. The summed E-state index contributed by atoms with van der Waals surface area (Å²) in [6, 6.07) is 11.5. The molecular weight excluding hydrogens is 268 g/mol. The number of hydrogen-bond acceptors (Lipinski definition) is 1. The molecule has 0 fully saturated rings. The topological polar surface area (TPSA) is 12.0 Å². The van der Waals surface area contributed by atoms with Crippen LogP contribution in [-0.4, -0.2) is 0 Å². The fourth-order valence-corrected chi connectivity index (χ4v) is 2.66. The highest BCUT2D eigenvalue weighted by molar-refractivity contribution is 7.27. The summed E-state index contributed by atoms with van der Waals surface area (Å²) in [6.45, 7) is 4.81. The van der Waals surface area contributed by atoms with E-state index < -0.39 is 0 Å². The van der Waals surface area contributed by atoms with Gasteiger partial charge in [-0.3, -0.25) is 0 Å². The summed E-state index contributed by atoms with van der Waals surface area (Å²) >= 11 is 0. The molecule has 0 saturated carbocycles. The first-order valence-electron chi connectivity index (χ1n) is 6.98. The van der Waals surface area contributed by atoms with Crippen molar-refractivity contribution in [2.45, 2.75) is 33.2 Å². The van der Waals surface area contributed by atoms with Crippen molar-refractivity contribution in [2.75, 3.05) is 5.32 Å². The van der Waals surface area contributed by atoms with E-state index in [-0.39, 0.29) is 5.82 Å². The molecule has 106 valence electrons. The molecule has 1 unspecified atom stereocenters. The Labute approximate surface area is 122 Å². The highest BCUT2D eigenvalue weighted by atomic mass is 31.0. The molecular formula is C17H21FNP. The molecule has 1 atom stereocenters. The van der Waals surface area contributed by atoms with Crippen LogP contribution in [0, 0.1) is 12.7 Å². The zero-order chi connectivity index (χ0) is 14.5. The first-order chi connectivity index (χ1) is 9.61. The van der Waals surface area contributed by atoms with Gasteiger partial charge >= 0.3 is 0 Å². The number of halogens is 1. The predicted molar refractivity (Wildman–Crippen MR) is 88.2 cm³/mol. The maximum Gasteiger partial charge on any atom is 0.128 e. The summed E-state index contributed by atoms with van der Waals surface area (Å²) in [4.78, 5) is 0. The molecule has 1 nitrogen and oxygen atoms in total. The van der Waals surface area contributed by atoms with E-state index in [1.807, 2.05) is 6.07 Å². The Morgan fingerprint density at radius 1 is 1.20 bits per heavy atom. The lowest BCUT2D eigenvalue weighted by molar-refractivity contribution is 0.615. The molecule has 0 aromatic heterocycles. The van der Waals surface area contributed by atoms with Crippen LogP contribution in [0.4, 0.5) is 10.1 Å². The van der Waals surface area contributed by atoms with Crippen molar-refractivity contribution in [1.29, 1.82) is 0 Å². The van der Waals surface area contributed by atoms with Gasteiger partial charge in [-0.1, -0.05) is 31.5 Å². The van der Waals surface area contributed by atoms with E-state index >= 15 is 0 Å². The minimum absolute atomic E-state index is 0.163. The molecule has 0 radical (unpaired) electrons. The summed E-state index contributed by atoms with van der Waals surface area (Å²) < 4.78 is 13.7. The number of aryl methyl sites for hydroxylation is 2. The lowest BCUT2D eigenvalue weighted by atomic mass is 10.0. The third-order valence-corrected chi connectivity index (χ3v) is 4.03. The van der Waals surface area contributed by atoms with E-state index in [1.165, 1.54) is 17.2 Å². The van der Waals surface area contributed by atoms with Crippen molar-refractivity contribution in [2.24, 2.45) is 0 Å². The van der Waals surface area contributed by atoms with Crippen LogP contribution >= 0.6 is 9.24 Å². The van der Waals surface area contributed by atoms with Crippen LogP contribution in [0.3, 0.4) is 0 Å². The molecule has 0 amide bonds. The fourth-order valence-electron chi connectivity index (χ4n) is 2.31. The second kappa shape index (κ2) is 6.85. The number of rotatable bonds is 5. The Balaban J connectivity index is 2.09. The van der Waals surface area contributed by atoms with Crippen molar-refractivity contribution >= 4 is 20.2 Å². The largest absolute Gasteiger partial charge is 0.381 e. The van der Waals surface area contributed by atoms with Crippen LogP contribution in [0.1, 0.15) is 30.0 Å². The zero-order valence-electron chi connectivity index (χ0n) is 12.0. The molecule has 0 aliphatic heterocycles. The van der Waals surface area contributed by atoms with Gasteiger partial charge in [0.15, 0.2) is 0 Å². The summed E-state index contributed by atoms with van der Waals surface area (Å²) in [5.41, 5.74) is 4.41. The van der Waals surface area contributed by atoms with E-state index in [2.05, 4.69) is 46.6 Å². The Morgan fingerprint density at radius 3 is 2.65 bits per heavy atom. The zero-order valence-corrected chi connectivity index (χ0v) is 13.2. The van der Waals surface area contributed by atoms with Crippen molar-refractivity contribution in [3.63, 3.8) is 0 Å². The van der Waals surface area contributed by atoms with Crippen LogP contribution in [0.25, 0.3) is 0 Å². The molecule has 2 aromatic rings. The van der Waals surface area contributed by atoms with Gasteiger partial charge in [0.25, 0.3) is 0 Å². The van der Waals surface area contributed by atoms with Gasteiger partial charge in [-0.25, -0.2) is 4.39 Å². The first-order valence-corrected chi connectivity index (χ1v) is 7.55. The van der Waals surface area contributed by atoms with Gasteiger partial charge in [-0.15, -0.1) is 9.24 Å². The summed E-state index contributed by atoms with van der Waals surface area (Å²) in [7, 11) is 2.58. The van der Waals surface area contributed by atoms with Crippen LogP contribution in [0.15, 0.2) is 36.4 Å². The van der Waals surface area contributed by atoms with E-state index in [0.29, 0.717) is 12.1 Å². The maximum absolute atomic E-state index is 13.7. The first kappa shape index (κ1) is 15.0. The second-order valence-corrected chi connectivity index (χ2v) is 5.67. The number of benzene rings is 2. The molecule has 2 rings (SSSR count). The van der Waals surface area contributed by atoms with Crippen molar-refractivity contribution in [3.05, 3.63) is 58.9 Å². The van der Waals surface area contributed by atoms with E-state index in [0.717, 1.165) is 23.8 Å². The standard InChI is InChI=1S/C17H21FNP/c1-3-5-13-8-9-14(10-12(13)2)19-11-15-16(18)6-4-7-17(15)20/h4,6-10,19H,3,5,11,20H2,1-2H3. The van der Waals surface area contributed by atoms with Crippen molar-refractivity contribution < 1.29 is 4.39 Å². The van der Waals surface area contributed by atoms with Crippen LogP contribution in [0.2, 0.25) is 0 Å². The Bertz CT molecular complexity index is 575. The normalized spacial score (nSPS) is 10.6. The molecule has 0 aliphatic rings. The Kier molecular flexibility index (Phi) is 5.14. The maximum atomic E-state index is 13.7. The van der Waals surface area contributed by atoms with Gasteiger partial charge in [-0.2, -0.15) is 0 Å². The monoisotopic (exact) mass is 289 g/mol. The van der Waals surface area contributed by atoms with E-state index in [1.54, 1.807) is 6.07 Å². The third-order valence-electron chi connectivity index (χ3n) is 3.49. The van der Waals surface area contributed by atoms with Crippen molar-refractivity contribution in [1.82, 2.24) is 0 Å². The third kappa shape index (κ3) is 3.58. The summed E-state index contributed by atoms with van der Waals surface area (Å²) in [5.74, 6) is -0.163. The van der Waals surface area contributed by atoms with Crippen LogP contribution in [-0.2, 0) is 13.0 Å². The quantitative estimate of drug-likeness (QED) is 0.813. The Hall–Kier alpha value is -1.40. The highest BCUT2D eigenvalue weighted by Gasteiger charge is 2.05. The molecule has 1 N–H and O–H groups in total. The average Bonchev–Trinajstić information content (AvgIpc) is 2.41. The van der Waals surface area contributed by atoms with E-state index in [4.69, 9.17) is 0 Å². The molecule has 20 heavy (non-hydrogen) atoms. The van der Waals surface area contributed by atoms with Gasteiger partial charge in [0, 0.05) is 17.8 Å². The minimum atomic E-state index is -0.163. The number of nitrogens with one attached hydrogen (secondary N) is 1. The van der Waals surface area contributed by atoms with Gasteiger partial charge in [0.05, 0.1) is 0 Å².